The fourth-order valence-electron chi connectivity index (χ4n) is 2.21. The van der Waals surface area contributed by atoms with Gasteiger partial charge in [-0.1, -0.05) is 41.0 Å². The highest BCUT2D eigenvalue weighted by Gasteiger charge is 2.17. The van der Waals surface area contributed by atoms with E-state index >= 15 is 0 Å². The van der Waals surface area contributed by atoms with Crippen LogP contribution in [0, 0.1) is 0 Å². The van der Waals surface area contributed by atoms with Crippen LogP contribution >= 0.6 is 50.9 Å². The molecule has 0 atom stereocenters. The fraction of sp³-hybridized carbons (Fsp3) is 0.118. The van der Waals surface area contributed by atoms with Gasteiger partial charge in [-0.05, 0) is 46.3 Å². The molecule has 0 bridgehead atoms. The van der Waals surface area contributed by atoms with Crippen LogP contribution in [0.5, 0.6) is 0 Å². The van der Waals surface area contributed by atoms with Gasteiger partial charge in [0.05, 0.1) is 16.5 Å². The van der Waals surface area contributed by atoms with Crippen molar-refractivity contribution in [2.24, 2.45) is 0 Å². The Kier molecular flexibility index (Phi) is 6.64. The first kappa shape index (κ1) is 20.0. The fourth-order valence-corrected chi connectivity index (χ4v) is 3.72. The van der Waals surface area contributed by atoms with Crippen LogP contribution in [0.2, 0.25) is 10.0 Å². The molecule has 1 N–H and O–H groups in total. The Morgan fingerprint density at radius 1 is 1.33 bits per heavy atom. The third-order valence-electron chi connectivity index (χ3n) is 3.36. The lowest BCUT2D eigenvalue weighted by Crippen LogP contribution is -2.15. The first-order chi connectivity index (χ1) is 13.0. The number of amides is 1. The number of furan rings is 1. The molecule has 3 aromatic rings. The maximum Gasteiger partial charge on any atom is 0.234 e. The van der Waals surface area contributed by atoms with Crippen molar-refractivity contribution >= 4 is 62.5 Å². The summed E-state index contributed by atoms with van der Waals surface area (Å²) in [5.41, 5.74) is 0.500. The second kappa shape index (κ2) is 8.97. The molecule has 3 rings (SSSR count). The van der Waals surface area contributed by atoms with Gasteiger partial charge in [0.2, 0.25) is 11.7 Å². The van der Waals surface area contributed by atoms with Crippen LogP contribution in [0.4, 0.5) is 5.69 Å². The molecule has 2 heterocycles. The Bertz CT molecular complexity index is 989. The molecule has 27 heavy (non-hydrogen) atoms. The van der Waals surface area contributed by atoms with Crippen LogP contribution in [-0.4, -0.2) is 26.4 Å². The molecule has 10 heteroatoms. The van der Waals surface area contributed by atoms with E-state index in [1.165, 1.54) is 11.8 Å². The molecule has 0 fully saturated rings. The average molecular weight is 488 g/mol. The van der Waals surface area contributed by atoms with Crippen LogP contribution in [0.15, 0.2) is 57.2 Å². The second-order valence-corrected chi connectivity index (χ2v) is 7.84. The molecule has 0 spiro atoms. The molecule has 0 aliphatic rings. The van der Waals surface area contributed by atoms with Crippen LogP contribution in [0.3, 0.4) is 0 Å². The Morgan fingerprint density at radius 2 is 2.15 bits per heavy atom. The van der Waals surface area contributed by atoms with Gasteiger partial charge in [0, 0.05) is 11.6 Å². The SMILES string of the molecule is C=CCn1c(SCC(=O)Nc2ccc(Cl)cc2Cl)nnc1-c1ccc(Br)o1. The van der Waals surface area contributed by atoms with Gasteiger partial charge in [-0.2, -0.15) is 0 Å². The van der Waals surface area contributed by atoms with E-state index in [0.29, 0.717) is 43.7 Å². The number of thioether (sulfide) groups is 1. The molecule has 0 saturated heterocycles. The molecule has 0 aliphatic heterocycles. The van der Waals surface area contributed by atoms with Crippen LogP contribution in [-0.2, 0) is 11.3 Å². The number of halogens is 3. The standard InChI is InChI=1S/C17H13BrCl2N4O2S/c1-2-7-24-16(13-5-6-14(18)26-13)22-23-17(24)27-9-15(25)21-12-4-3-10(19)8-11(12)20/h2-6,8H,1,7,9H2,(H,21,25). The van der Waals surface area contributed by atoms with Crippen molar-refractivity contribution < 1.29 is 9.21 Å². The van der Waals surface area contributed by atoms with Crippen molar-refractivity contribution in [2.75, 3.05) is 11.1 Å². The molecular formula is C17H13BrCl2N4O2S. The number of hydrogen-bond acceptors (Lipinski definition) is 5. The van der Waals surface area contributed by atoms with E-state index in [9.17, 15) is 4.79 Å². The lowest BCUT2D eigenvalue weighted by molar-refractivity contribution is -0.113. The van der Waals surface area contributed by atoms with Gasteiger partial charge in [0.15, 0.2) is 15.6 Å². The highest BCUT2D eigenvalue weighted by atomic mass is 79.9. The minimum Gasteiger partial charge on any atom is -0.446 e. The monoisotopic (exact) mass is 486 g/mol. The molecule has 0 aliphatic carbocycles. The predicted octanol–water partition coefficient (Wildman–Crippen LogP) is 5.52. The summed E-state index contributed by atoms with van der Waals surface area (Å²) in [6.45, 7) is 4.23. The van der Waals surface area contributed by atoms with E-state index < -0.39 is 0 Å². The van der Waals surface area contributed by atoms with Crippen molar-refractivity contribution in [3.63, 3.8) is 0 Å². The summed E-state index contributed by atoms with van der Waals surface area (Å²) in [7, 11) is 0. The van der Waals surface area contributed by atoms with E-state index in [4.69, 9.17) is 27.6 Å². The zero-order valence-electron chi connectivity index (χ0n) is 13.8. The van der Waals surface area contributed by atoms with Crippen molar-refractivity contribution in [3.8, 4) is 11.6 Å². The van der Waals surface area contributed by atoms with E-state index in [-0.39, 0.29) is 11.7 Å². The smallest absolute Gasteiger partial charge is 0.234 e. The van der Waals surface area contributed by atoms with Gasteiger partial charge >= 0.3 is 0 Å². The minimum absolute atomic E-state index is 0.135. The summed E-state index contributed by atoms with van der Waals surface area (Å²) < 4.78 is 7.96. The van der Waals surface area contributed by atoms with Crippen molar-refractivity contribution in [1.29, 1.82) is 0 Å². The van der Waals surface area contributed by atoms with Crippen LogP contribution in [0.25, 0.3) is 11.6 Å². The molecule has 140 valence electrons. The van der Waals surface area contributed by atoms with E-state index in [1.54, 1.807) is 36.4 Å². The van der Waals surface area contributed by atoms with Crippen LogP contribution in [0.1, 0.15) is 0 Å². The highest BCUT2D eigenvalue weighted by molar-refractivity contribution is 9.10. The zero-order valence-corrected chi connectivity index (χ0v) is 17.7. The molecule has 1 amide bonds. The predicted molar refractivity (Wildman–Crippen MR) is 111 cm³/mol. The Balaban J connectivity index is 1.71. The van der Waals surface area contributed by atoms with Crippen molar-refractivity contribution in [1.82, 2.24) is 14.8 Å². The van der Waals surface area contributed by atoms with Gasteiger partial charge in [0.1, 0.15) is 0 Å². The quantitative estimate of drug-likeness (QED) is 0.350. The zero-order chi connectivity index (χ0) is 19.4. The minimum atomic E-state index is -0.223. The average Bonchev–Trinajstić information content (AvgIpc) is 3.22. The summed E-state index contributed by atoms with van der Waals surface area (Å²) >= 11 is 16.5. The van der Waals surface area contributed by atoms with E-state index in [0.717, 1.165) is 0 Å². The largest absolute Gasteiger partial charge is 0.446 e. The third-order valence-corrected chi connectivity index (χ3v) is 5.30. The van der Waals surface area contributed by atoms with Gasteiger partial charge in [-0.15, -0.1) is 16.8 Å². The number of rotatable bonds is 7. The first-order valence-electron chi connectivity index (χ1n) is 7.65. The van der Waals surface area contributed by atoms with Crippen LogP contribution < -0.4 is 5.32 Å². The van der Waals surface area contributed by atoms with Crippen molar-refractivity contribution in [2.45, 2.75) is 11.7 Å². The van der Waals surface area contributed by atoms with E-state index in [1.807, 2.05) is 4.57 Å². The summed E-state index contributed by atoms with van der Waals surface area (Å²) in [4.78, 5) is 12.2. The maximum absolute atomic E-state index is 12.2. The summed E-state index contributed by atoms with van der Waals surface area (Å²) in [6.07, 6.45) is 1.72. The van der Waals surface area contributed by atoms with Gasteiger partial charge in [0.25, 0.3) is 0 Å². The number of hydrogen-bond donors (Lipinski definition) is 1. The molecule has 2 aromatic heterocycles. The molecular weight excluding hydrogens is 475 g/mol. The number of carbonyl (C=O) groups excluding carboxylic acids is 1. The summed E-state index contributed by atoms with van der Waals surface area (Å²) in [5, 5.41) is 12.5. The van der Waals surface area contributed by atoms with Gasteiger partial charge in [-0.3, -0.25) is 9.36 Å². The number of allylic oxidation sites excluding steroid dienone is 1. The Labute approximate surface area is 178 Å². The summed E-state index contributed by atoms with van der Waals surface area (Å²) in [5.74, 6) is 1.04. The first-order valence-corrected chi connectivity index (χ1v) is 10.2. The summed E-state index contributed by atoms with van der Waals surface area (Å²) in [6, 6.07) is 8.45. The molecule has 0 radical (unpaired) electrons. The number of aromatic nitrogens is 3. The van der Waals surface area contributed by atoms with E-state index in [2.05, 4.69) is 38.0 Å². The van der Waals surface area contributed by atoms with Gasteiger partial charge < -0.3 is 9.73 Å². The topological polar surface area (TPSA) is 73.0 Å². The van der Waals surface area contributed by atoms with Gasteiger partial charge in [-0.25, -0.2) is 0 Å². The Morgan fingerprint density at radius 3 is 2.81 bits per heavy atom. The maximum atomic E-state index is 12.2. The lowest BCUT2D eigenvalue weighted by Gasteiger charge is -2.08. The molecule has 6 nitrogen and oxygen atoms in total. The number of anilines is 1. The second-order valence-electron chi connectivity index (χ2n) is 5.27. The highest BCUT2D eigenvalue weighted by Crippen LogP contribution is 2.28. The number of benzene rings is 1. The molecule has 0 saturated carbocycles. The normalized spacial score (nSPS) is 10.8. The third kappa shape index (κ3) is 4.95. The molecule has 1 aromatic carbocycles. The molecule has 0 unspecified atom stereocenters. The van der Waals surface area contributed by atoms with Crippen molar-refractivity contribution in [3.05, 3.63) is 57.7 Å². The number of carbonyl (C=O) groups is 1. The lowest BCUT2D eigenvalue weighted by atomic mass is 10.3. The number of nitrogens with one attached hydrogen (secondary N) is 1. The number of nitrogens with zero attached hydrogens (tertiary/aromatic N) is 3. The Hall–Kier alpha value is -1.74.